The van der Waals surface area contributed by atoms with Crippen LogP contribution in [0.25, 0.3) is 0 Å². The summed E-state index contributed by atoms with van der Waals surface area (Å²) >= 11 is 0. The standard InChI is InChI=1S/C16H24.Y/c1-8-12-10-9-11-13(15(2,3)4)14(12)16(5,6)7;/h9,11H,1,8H2,2-7H3;/q-2;. The molecule has 0 unspecified atom stereocenters. The van der Waals surface area contributed by atoms with E-state index in [1.54, 1.807) is 0 Å². The Hall–Kier alpha value is 0.324. The van der Waals surface area contributed by atoms with Crippen molar-refractivity contribution < 1.29 is 32.7 Å². The van der Waals surface area contributed by atoms with Crippen molar-refractivity contribution >= 4 is 0 Å². The van der Waals surface area contributed by atoms with E-state index in [9.17, 15) is 0 Å². The van der Waals surface area contributed by atoms with Crippen molar-refractivity contribution in [2.45, 2.75) is 58.8 Å². The molecule has 0 atom stereocenters. The Morgan fingerprint density at radius 1 is 1.06 bits per heavy atom. The van der Waals surface area contributed by atoms with Crippen LogP contribution >= 0.6 is 0 Å². The summed E-state index contributed by atoms with van der Waals surface area (Å²) in [5.74, 6) is 0. The van der Waals surface area contributed by atoms with Gasteiger partial charge in [0.25, 0.3) is 0 Å². The van der Waals surface area contributed by atoms with Gasteiger partial charge in [0, 0.05) is 32.7 Å². The van der Waals surface area contributed by atoms with E-state index in [2.05, 4.69) is 60.6 Å². The zero-order valence-electron chi connectivity index (χ0n) is 12.1. The summed E-state index contributed by atoms with van der Waals surface area (Å²) in [6.07, 6.45) is 0.816. The summed E-state index contributed by atoms with van der Waals surface area (Å²) in [5, 5.41) is 0. The van der Waals surface area contributed by atoms with E-state index in [-0.39, 0.29) is 43.5 Å². The van der Waals surface area contributed by atoms with Gasteiger partial charge >= 0.3 is 0 Å². The minimum Gasteiger partial charge on any atom is -0.341 e. The Kier molecular flexibility index (Phi) is 6.09. The summed E-state index contributed by atoms with van der Waals surface area (Å²) in [7, 11) is 0. The van der Waals surface area contributed by atoms with Crippen LogP contribution in [0.5, 0.6) is 0 Å². The van der Waals surface area contributed by atoms with Gasteiger partial charge in [0.1, 0.15) is 0 Å². The van der Waals surface area contributed by atoms with E-state index in [1.807, 2.05) is 6.07 Å². The average Bonchev–Trinajstić information content (AvgIpc) is 2.13. The zero-order valence-corrected chi connectivity index (χ0v) is 15.0. The number of hydrogen-bond acceptors (Lipinski definition) is 0. The van der Waals surface area contributed by atoms with E-state index in [1.165, 1.54) is 16.7 Å². The van der Waals surface area contributed by atoms with Gasteiger partial charge in [0.05, 0.1) is 0 Å². The van der Waals surface area contributed by atoms with Gasteiger partial charge in [0.2, 0.25) is 0 Å². The molecule has 0 fully saturated rings. The first kappa shape index (κ1) is 17.3. The Morgan fingerprint density at radius 3 is 1.94 bits per heavy atom. The fraction of sp³-hybridized carbons (Fsp3) is 0.562. The maximum absolute atomic E-state index is 4.02. The first-order chi connectivity index (χ1) is 7.18. The molecular formula is C16H24Y-2. The average molecular weight is 305 g/mol. The van der Waals surface area contributed by atoms with Crippen molar-refractivity contribution in [2.24, 2.45) is 0 Å². The topological polar surface area (TPSA) is 0 Å². The van der Waals surface area contributed by atoms with Gasteiger partial charge < -0.3 is 6.92 Å². The van der Waals surface area contributed by atoms with Crippen molar-refractivity contribution in [3.63, 3.8) is 0 Å². The second kappa shape index (κ2) is 5.98. The molecule has 0 bridgehead atoms. The van der Waals surface area contributed by atoms with Gasteiger partial charge in [-0.3, -0.25) is 0 Å². The van der Waals surface area contributed by atoms with Crippen molar-refractivity contribution in [2.75, 3.05) is 0 Å². The molecule has 1 aromatic rings. The van der Waals surface area contributed by atoms with Crippen LogP contribution in [0.15, 0.2) is 12.1 Å². The molecule has 0 spiro atoms. The van der Waals surface area contributed by atoms with Crippen LogP contribution < -0.4 is 0 Å². The van der Waals surface area contributed by atoms with Crippen molar-refractivity contribution in [1.29, 1.82) is 0 Å². The summed E-state index contributed by atoms with van der Waals surface area (Å²) in [6.45, 7) is 17.6. The van der Waals surface area contributed by atoms with Gasteiger partial charge in [-0.05, 0) is 5.41 Å². The maximum atomic E-state index is 4.02. The molecule has 0 amide bonds. The molecule has 1 aromatic carbocycles. The second-order valence-electron chi connectivity index (χ2n) is 6.49. The third-order valence-electron chi connectivity index (χ3n) is 2.89. The molecule has 0 heterocycles. The number of rotatable bonds is 1. The second-order valence-corrected chi connectivity index (χ2v) is 6.49. The predicted molar refractivity (Wildman–Crippen MR) is 71.7 cm³/mol. The SMILES string of the molecule is [CH2-]Cc1[c-]ccc(C(C)(C)C)c1C(C)(C)C.[Y]. The largest absolute Gasteiger partial charge is 0.341 e. The van der Waals surface area contributed by atoms with Crippen LogP contribution in [0, 0.1) is 13.0 Å². The minimum atomic E-state index is 0. The van der Waals surface area contributed by atoms with Gasteiger partial charge in [-0.2, -0.15) is 30.2 Å². The minimum absolute atomic E-state index is 0. The Morgan fingerprint density at radius 2 is 1.59 bits per heavy atom. The molecule has 0 nitrogen and oxygen atoms in total. The summed E-state index contributed by atoms with van der Waals surface area (Å²) in [5.41, 5.74) is 4.46. The first-order valence-electron chi connectivity index (χ1n) is 6.01. The molecular weight excluding hydrogens is 281 g/mol. The molecule has 0 saturated heterocycles. The van der Waals surface area contributed by atoms with Gasteiger partial charge in [-0.15, -0.1) is 11.1 Å². The predicted octanol–water partition coefficient (Wildman–Crippen LogP) is 4.46. The third-order valence-corrected chi connectivity index (χ3v) is 2.89. The molecule has 0 aliphatic heterocycles. The molecule has 0 aliphatic carbocycles. The molecule has 0 aliphatic rings. The number of hydrogen-bond donors (Lipinski definition) is 0. The molecule has 93 valence electrons. The van der Waals surface area contributed by atoms with E-state index < -0.39 is 0 Å². The molecule has 1 radical (unpaired) electrons. The van der Waals surface area contributed by atoms with Crippen LogP contribution in [0.3, 0.4) is 0 Å². The van der Waals surface area contributed by atoms with E-state index >= 15 is 0 Å². The molecule has 1 rings (SSSR count). The fourth-order valence-corrected chi connectivity index (χ4v) is 2.22. The molecule has 0 N–H and O–H groups in total. The summed E-state index contributed by atoms with van der Waals surface area (Å²) < 4.78 is 0. The molecule has 17 heavy (non-hydrogen) atoms. The van der Waals surface area contributed by atoms with Crippen molar-refractivity contribution in [1.82, 2.24) is 0 Å². The first-order valence-corrected chi connectivity index (χ1v) is 6.01. The van der Waals surface area contributed by atoms with Crippen LogP contribution in [0.1, 0.15) is 58.2 Å². The monoisotopic (exact) mass is 305 g/mol. The number of benzene rings is 1. The molecule has 1 heteroatoms. The molecule has 0 saturated carbocycles. The maximum Gasteiger partial charge on any atom is 0 e. The van der Waals surface area contributed by atoms with Gasteiger partial charge in [-0.1, -0.05) is 47.0 Å². The van der Waals surface area contributed by atoms with Crippen LogP contribution in [-0.2, 0) is 50.0 Å². The van der Waals surface area contributed by atoms with E-state index in [4.69, 9.17) is 0 Å². The summed E-state index contributed by atoms with van der Waals surface area (Å²) in [4.78, 5) is 0. The normalized spacial score (nSPS) is 12.2. The van der Waals surface area contributed by atoms with Crippen LogP contribution in [0.2, 0.25) is 0 Å². The fourth-order valence-electron chi connectivity index (χ4n) is 2.22. The van der Waals surface area contributed by atoms with Crippen LogP contribution in [-0.4, -0.2) is 0 Å². The zero-order chi connectivity index (χ0) is 12.6. The van der Waals surface area contributed by atoms with E-state index in [0.29, 0.717) is 0 Å². The Bertz CT molecular complexity index is 364. The van der Waals surface area contributed by atoms with Gasteiger partial charge in [0.15, 0.2) is 0 Å². The van der Waals surface area contributed by atoms with Crippen LogP contribution in [0.4, 0.5) is 0 Å². The van der Waals surface area contributed by atoms with Gasteiger partial charge in [-0.25, -0.2) is 0 Å². The van der Waals surface area contributed by atoms with Crippen molar-refractivity contribution in [3.05, 3.63) is 41.8 Å². The Labute approximate surface area is 132 Å². The quantitative estimate of drug-likeness (QED) is 0.672. The Balaban J connectivity index is 0.00000256. The van der Waals surface area contributed by atoms with Crippen molar-refractivity contribution in [3.8, 4) is 0 Å². The summed E-state index contributed by atoms with van der Waals surface area (Å²) in [6, 6.07) is 7.59. The smallest absolute Gasteiger partial charge is 0 e. The van der Waals surface area contributed by atoms with E-state index in [0.717, 1.165) is 6.42 Å². The third kappa shape index (κ3) is 4.17. The molecule has 0 aromatic heterocycles.